The number of anilines is 2. The lowest BCUT2D eigenvalue weighted by Crippen LogP contribution is -2.49. The van der Waals surface area contributed by atoms with Crippen LogP contribution in [-0.4, -0.2) is 72.5 Å². The number of ether oxygens (including phenoxy) is 1. The summed E-state index contributed by atoms with van der Waals surface area (Å²) in [6.07, 6.45) is 0.943. The van der Waals surface area contributed by atoms with Crippen LogP contribution in [0.15, 0.2) is 48.5 Å². The van der Waals surface area contributed by atoms with Crippen LogP contribution in [0.2, 0.25) is 0 Å². The quantitative estimate of drug-likeness (QED) is 0.503. The molecule has 2 heterocycles. The summed E-state index contributed by atoms with van der Waals surface area (Å²) in [5.74, 6) is 1.82. The van der Waals surface area contributed by atoms with E-state index in [0.29, 0.717) is 0 Å². The Morgan fingerprint density at radius 3 is 2.29 bits per heavy atom. The molecule has 1 aromatic heterocycles. The molecule has 8 nitrogen and oxygen atoms in total. The highest BCUT2D eigenvalue weighted by molar-refractivity contribution is 5.58. The number of benzene rings is 2. The summed E-state index contributed by atoms with van der Waals surface area (Å²) in [5, 5.41) is 13.1. The Hall–Kier alpha value is -3.13. The number of rotatable bonds is 8. The molecule has 8 heteroatoms. The van der Waals surface area contributed by atoms with Crippen molar-refractivity contribution in [2.45, 2.75) is 38.8 Å². The monoisotopic (exact) mass is 463 g/mol. The standard InChI is InChI=1S/C26H37N7O/c1-7-26(2,3)33-25(27-28-29-33)24(20-12-14-21(15-13-20)30(4)5)32-18-16-31(17-19-32)22-10-8-9-11-23(22)34-6/h8-15,24H,7,16-19H2,1-6H3/t24-/m0/s1. The number of hydrogen-bond acceptors (Lipinski definition) is 7. The van der Waals surface area contributed by atoms with Gasteiger partial charge in [0.25, 0.3) is 0 Å². The van der Waals surface area contributed by atoms with E-state index >= 15 is 0 Å². The van der Waals surface area contributed by atoms with Gasteiger partial charge in [-0.2, -0.15) is 0 Å². The van der Waals surface area contributed by atoms with Crippen LogP contribution >= 0.6 is 0 Å². The van der Waals surface area contributed by atoms with Crippen LogP contribution in [0.3, 0.4) is 0 Å². The predicted molar refractivity (Wildman–Crippen MR) is 137 cm³/mol. The summed E-state index contributed by atoms with van der Waals surface area (Å²) in [7, 11) is 5.86. The number of methoxy groups -OCH3 is 1. The molecule has 0 N–H and O–H groups in total. The van der Waals surface area contributed by atoms with Crippen LogP contribution in [0.5, 0.6) is 5.75 Å². The van der Waals surface area contributed by atoms with Gasteiger partial charge in [0.2, 0.25) is 0 Å². The highest BCUT2D eigenvalue weighted by Crippen LogP contribution is 2.34. The van der Waals surface area contributed by atoms with Crippen molar-refractivity contribution in [1.29, 1.82) is 0 Å². The first-order chi connectivity index (χ1) is 16.4. The molecule has 2 aromatic carbocycles. The predicted octanol–water partition coefficient (Wildman–Crippen LogP) is 3.80. The van der Waals surface area contributed by atoms with Crippen molar-refractivity contribution in [3.63, 3.8) is 0 Å². The fraction of sp³-hybridized carbons (Fsp3) is 0.500. The lowest BCUT2D eigenvalue weighted by Gasteiger charge is -2.41. The van der Waals surface area contributed by atoms with Gasteiger partial charge in [0.05, 0.1) is 24.4 Å². The Kier molecular flexibility index (Phi) is 7.07. The molecule has 1 atom stereocenters. The van der Waals surface area contributed by atoms with Crippen LogP contribution in [0.4, 0.5) is 11.4 Å². The summed E-state index contributed by atoms with van der Waals surface area (Å²) in [6, 6.07) is 17.0. The molecular weight excluding hydrogens is 426 g/mol. The molecule has 1 saturated heterocycles. The SMILES string of the molecule is CCC(C)(C)n1nnnc1[C@H](c1ccc(N(C)C)cc1)N1CCN(c2ccccc2OC)CC1. The van der Waals surface area contributed by atoms with Gasteiger partial charge in [-0.1, -0.05) is 31.2 Å². The van der Waals surface area contributed by atoms with Crippen molar-refractivity contribution in [3.8, 4) is 5.75 Å². The molecule has 0 amide bonds. The zero-order valence-electron chi connectivity index (χ0n) is 21.3. The second-order valence-corrected chi connectivity index (χ2v) is 9.70. The lowest BCUT2D eigenvalue weighted by molar-refractivity contribution is 0.187. The molecule has 182 valence electrons. The van der Waals surface area contributed by atoms with Gasteiger partial charge in [0.1, 0.15) is 5.75 Å². The van der Waals surface area contributed by atoms with Crippen LogP contribution in [-0.2, 0) is 5.54 Å². The van der Waals surface area contributed by atoms with Crippen LogP contribution in [0.25, 0.3) is 0 Å². The Labute approximate surface area is 203 Å². The molecule has 0 spiro atoms. The summed E-state index contributed by atoms with van der Waals surface area (Å²) in [5.41, 5.74) is 3.37. The number of nitrogens with zero attached hydrogens (tertiary/aromatic N) is 7. The van der Waals surface area contributed by atoms with E-state index in [9.17, 15) is 0 Å². The molecule has 0 saturated carbocycles. The van der Waals surface area contributed by atoms with E-state index in [4.69, 9.17) is 4.74 Å². The average molecular weight is 464 g/mol. The molecule has 0 unspecified atom stereocenters. The van der Waals surface area contributed by atoms with E-state index in [-0.39, 0.29) is 11.6 Å². The van der Waals surface area contributed by atoms with Gasteiger partial charge >= 0.3 is 0 Å². The number of hydrogen-bond donors (Lipinski definition) is 0. The normalized spacial score (nSPS) is 15.9. The first kappa shape index (κ1) is 24.0. The van der Waals surface area contributed by atoms with E-state index in [2.05, 4.69) is 101 Å². The maximum atomic E-state index is 5.61. The molecule has 0 bridgehead atoms. The van der Waals surface area contributed by atoms with Gasteiger partial charge < -0.3 is 14.5 Å². The molecule has 4 rings (SSSR count). The Morgan fingerprint density at radius 2 is 1.68 bits per heavy atom. The lowest BCUT2D eigenvalue weighted by atomic mass is 9.98. The van der Waals surface area contributed by atoms with E-state index in [1.165, 1.54) is 11.3 Å². The van der Waals surface area contributed by atoms with Crippen molar-refractivity contribution in [1.82, 2.24) is 25.1 Å². The van der Waals surface area contributed by atoms with E-state index in [0.717, 1.165) is 49.9 Å². The average Bonchev–Trinajstić information content (AvgIpc) is 3.35. The minimum atomic E-state index is -0.167. The Bertz CT molecular complexity index is 1070. The molecule has 1 aliphatic heterocycles. The molecular formula is C26H37N7O. The second-order valence-electron chi connectivity index (χ2n) is 9.70. The van der Waals surface area contributed by atoms with Crippen molar-refractivity contribution < 1.29 is 4.74 Å². The third kappa shape index (κ3) is 4.73. The highest BCUT2D eigenvalue weighted by Gasteiger charge is 2.34. The molecule has 1 fully saturated rings. The molecule has 1 aliphatic rings. The van der Waals surface area contributed by atoms with Gasteiger partial charge in [0, 0.05) is 46.0 Å². The molecule has 3 aromatic rings. The molecule has 34 heavy (non-hydrogen) atoms. The van der Waals surface area contributed by atoms with Crippen molar-refractivity contribution >= 4 is 11.4 Å². The van der Waals surface area contributed by atoms with E-state index in [1.807, 2.05) is 16.8 Å². The minimum absolute atomic E-state index is 0.0168. The van der Waals surface area contributed by atoms with E-state index < -0.39 is 0 Å². The first-order valence-electron chi connectivity index (χ1n) is 12.0. The molecule has 0 radical (unpaired) electrons. The topological polar surface area (TPSA) is 62.6 Å². The fourth-order valence-electron chi connectivity index (χ4n) is 4.54. The number of tetrazole rings is 1. The van der Waals surface area contributed by atoms with Gasteiger partial charge in [-0.25, -0.2) is 4.68 Å². The molecule has 0 aliphatic carbocycles. The summed E-state index contributed by atoms with van der Waals surface area (Å²) >= 11 is 0. The van der Waals surface area contributed by atoms with Crippen LogP contribution < -0.4 is 14.5 Å². The fourth-order valence-corrected chi connectivity index (χ4v) is 4.54. The number of piperazine rings is 1. The second kappa shape index (κ2) is 10.0. The van der Waals surface area contributed by atoms with E-state index in [1.54, 1.807) is 7.11 Å². The maximum absolute atomic E-state index is 5.61. The van der Waals surface area contributed by atoms with Crippen molar-refractivity contribution in [3.05, 3.63) is 59.9 Å². The number of aromatic nitrogens is 4. The van der Waals surface area contributed by atoms with Crippen LogP contribution in [0.1, 0.15) is 44.6 Å². The third-order valence-corrected chi connectivity index (χ3v) is 7.01. The summed E-state index contributed by atoms with van der Waals surface area (Å²) in [4.78, 5) is 7.03. The zero-order valence-corrected chi connectivity index (χ0v) is 21.3. The summed E-state index contributed by atoms with van der Waals surface area (Å²) < 4.78 is 7.63. The number of para-hydroxylation sites is 2. The van der Waals surface area contributed by atoms with Gasteiger partial charge in [-0.15, -0.1) is 5.10 Å². The van der Waals surface area contributed by atoms with Gasteiger partial charge in [0.15, 0.2) is 5.82 Å². The first-order valence-corrected chi connectivity index (χ1v) is 12.0. The largest absolute Gasteiger partial charge is 0.495 e. The maximum Gasteiger partial charge on any atom is 0.173 e. The van der Waals surface area contributed by atoms with Gasteiger partial charge in [-0.05, 0) is 60.5 Å². The van der Waals surface area contributed by atoms with Crippen molar-refractivity contribution in [2.75, 3.05) is 57.2 Å². The Morgan fingerprint density at radius 1 is 1.00 bits per heavy atom. The highest BCUT2D eigenvalue weighted by atomic mass is 16.5. The Balaban J connectivity index is 1.66. The minimum Gasteiger partial charge on any atom is -0.495 e. The van der Waals surface area contributed by atoms with Gasteiger partial charge in [-0.3, -0.25) is 4.90 Å². The summed E-state index contributed by atoms with van der Waals surface area (Å²) in [6.45, 7) is 10.2. The smallest absolute Gasteiger partial charge is 0.173 e. The van der Waals surface area contributed by atoms with Crippen LogP contribution in [0, 0.1) is 0 Å². The zero-order chi connectivity index (χ0) is 24.3. The van der Waals surface area contributed by atoms with Crippen molar-refractivity contribution in [2.24, 2.45) is 0 Å². The third-order valence-electron chi connectivity index (χ3n) is 7.01.